The maximum absolute atomic E-state index is 12.0. The number of hydrogen-bond acceptors (Lipinski definition) is 2. The lowest BCUT2D eigenvalue weighted by molar-refractivity contribution is 0.685. The summed E-state index contributed by atoms with van der Waals surface area (Å²) in [5, 5.41) is 0. The van der Waals surface area contributed by atoms with E-state index in [0.29, 0.717) is 11.5 Å². The Morgan fingerprint density at radius 1 is 0.870 bits per heavy atom. The highest BCUT2D eigenvalue weighted by Gasteiger charge is 2.00. The van der Waals surface area contributed by atoms with Crippen molar-refractivity contribution in [2.24, 2.45) is 0 Å². The molecule has 0 N–H and O–H groups in total. The lowest BCUT2D eigenvalue weighted by Gasteiger charge is -1.97. The molecule has 2 aromatic carbocycles. The maximum Gasteiger partial charge on any atom is 0.0904 e. The van der Waals surface area contributed by atoms with Crippen molar-refractivity contribution in [3.05, 3.63) is 59.7 Å². The third-order valence-corrected chi connectivity index (χ3v) is 5.16. The topological polar surface area (TPSA) is 17.1 Å². The summed E-state index contributed by atoms with van der Waals surface area (Å²) in [5.74, 6) is 12.5. The minimum absolute atomic E-state index is 0.322. The van der Waals surface area contributed by atoms with E-state index in [1.165, 1.54) is 10.5 Å². The van der Waals surface area contributed by atoms with E-state index >= 15 is 0 Å². The van der Waals surface area contributed by atoms with Crippen LogP contribution in [-0.2, 0) is 10.8 Å². The van der Waals surface area contributed by atoms with Gasteiger partial charge in [-0.1, -0.05) is 47.2 Å². The summed E-state index contributed by atoms with van der Waals surface area (Å²) in [6.07, 6.45) is 0. The Morgan fingerprint density at radius 2 is 1.43 bits per heavy atom. The van der Waals surface area contributed by atoms with E-state index in [9.17, 15) is 4.21 Å². The zero-order valence-corrected chi connectivity index (χ0v) is 14.9. The first kappa shape index (κ1) is 17.4. The van der Waals surface area contributed by atoms with Crippen molar-refractivity contribution in [3.63, 3.8) is 0 Å². The second-order valence-corrected chi connectivity index (χ2v) is 7.51. The van der Waals surface area contributed by atoms with Crippen LogP contribution in [0.2, 0.25) is 0 Å². The first-order chi connectivity index (χ1) is 11.1. The molecule has 0 heterocycles. The van der Waals surface area contributed by atoms with Crippen LogP contribution in [0.25, 0.3) is 0 Å². The molecule has 0 aliphatic carbocycles. The van der Waals surface area contributed by atoms with Gasteiger partial charge in [0.05, 0.1) is 22.3 Å². The molecule has 0 unspecified atom stereocenters. The summed E-state index contributed by atoms with van der Waals surface area (Å²) in [6, 6.07) is 16.1. The molecule has 116 valence electrons. The zero-order chi connectivity index (χ0) is 16.5. The fraction of sp³-hybridized carbons (Fsp3) is 0.200. The predicted octanol–water partition coefficient (Wildman–Crippen LogP) is 4.21. The van der Waals surface area contributed by atoms with Gasteiger partial charge in [0.1, 0.15) is 0 Å². The van der Waals surface area contributed by atoms with Crippen LogP contribution in [-0.4, -0.2) is 15.7 Å². The van der Waals surface area contributed by atoms with Gasteiger partial charge in [-0.3, -0.25) is 4.21 Å². The van der Waals surface area contributed by atoms with Gasteiger partial charge >= 0.3 is 0 Å². The Hall–Kier alpha value is -1.94. The van der Waals surface area contributed by atoms with Crippen LogP contribution >= 0.6 is 11.8 Å². The molecule has 3 heteroatoms. The fourth-order valence-electron chi connectivity index (χ4n) is 1.75. The summed E-state index contributed by atoms with van der Waals surface area (Å²) in [6.45, 7) is 4.08. The molecule has 0 saturated carbocycles. The first-order valence-electron chi connectivity index (χ1n) is 7.25. The first-order valence-corrected chi connectivity index (χ1v) is 9.56. The summed E-state index contributed by atoms with van der Waals surface area (Å²) < 4.78 is 12.0. The van der Waals surface area contributed by atoms with Crippen molar-refractivity contribution in [1.29, 1.82) is 0 Å². The van der Waals surface area contributed by atoms with Gasteiger partial charge in [-0.05, 0) is 50.0 Å². The Bertz CT molecular complexity index is 782. The van der Waals surface area contributed by atoms with Crippen molar-refractivity contribution in [2.45, 2.75) is 23.6 Å². The third kappa shape index (κ3) is 6.37. The van der Waals surface area contributed by atoms with Crippen molar-refractivity contribution in [2.75, 3.05) is 11.5 Å². The van der Waals surface area contributed by atoms with Gasteiger partial charge < -0.3 is 0 Å². The Labute approximate surface area is 145 Å². The Kier molecular flexibility index (Phi) is 7.01. The van der Waals surface area contributed by atoms with E-state index in [1.807, 2.05) is 31.2 Å². The number of rotatable bonds is 4. The van der Waals surface area contributed by atoms with E-state index in [4.69, 9.17) is 0 Å². The average molecular weight is 338 g/mol. The number of aryl methyl sites for hydroxylation is 2. The van der Waals surface area contributed by atoms with Crippen LogP contribution in [0.5, 0.6) is 0 Å². The van der Waals surface area contributed by atoms with Crippen molar-refractivity contribution < 1.29 is 4.21 Å². The normalized spacial score (nSPS) is 10.9. The van der Waals surface area contributed by atoms with Crippen molar-refractivity contribution in [1.82, 2.24) is 0 Å². The van der Waals surface area contributed by atoms with Gasteiger partial charge in [-0.25, -0.2) is 0 Å². The summed E-state index contributed by atoms with van der Waals surface area (Å²) in [4.78, 5) is 2.02. The molecule has 0 aliphatic rings. The molecule has 0 radical (unpaired) electrons. The molecule has 2 aromatic rings. The molecule has 0 amide bonds. The van der Waals surface area contributed by atoms with Crippen LogP contribution in [0.4, 0.5) is 0 Å². The molecule has 1 atom stereocenters. The average Bonchev–Trinajstić information content (AvgIpc) is 2.56. The van der Waals surface area contributed by atoms with E-state index in [0.717, 1.165) is 10.5 Å². The number of benzene rings is 2. The molecule has 0 aliphatic heterocycles. The highest BCUT2D eigenvalue weighted by atomic mass is 32.2. The van der Waals surface area contributed by atoms with E-state index in [2.05, 4.69) is 54.9 Å². The highest BCUT2D eigenvalue weighted by Crippen LogP contribution is 2.17. The second-order valence-electron chi connectivity index (χ2n) is 5.01. The molecule has 2 rings (SSSR count). The van der Waals surface area contributed by atoms with Crippen LogP contribution < -0.4 is 0 Å². The molecule has 0 bridgehead atoms. The zero-order valence-electron chi connectivity index (χ0n) is 13.3. The van der Waals surface area contributed by atoms with Gasteiger partial charge in [-0.15, -0.1) is 11.8 Å². The molecular formula is C20H18OS2. The molecule has 0 aromatic heterocycles. The summed E-state index contributed by atoms with van der Waals surface area (Å²) >= 11 is 1.69. The van der Waals surface area contributed by atoms with Crippen molar-refractivity contribution in [3.8, 4) is 23.7 Å². The lowest BCUT2D eigenvalue weighted by Crippen LogP contribution is -1.95. The minimum Gasteiger partial charge on any atom is -0.253 e. The largest absolute Gasteiger partial charge is 0.253 e. The maximum atomic E-state index is 12.0. The van der Waals surface area contributed by atoms with Gasteiger partial charge in [0.15, 0.2) is 0 Å². The number of hydrogen-bond donors (Lipinski definition) is 0. The SMILES string of the molecule is Cc1ccc(SCC#CC#CC[S@](=O)c2ccc(C)cc2)cc1. The molecule has 0 spiro atoms. The van der Waals surface area contributed by atoms with Crippen LogP contribution in [0.3, 0.4) is 0 Å². The minimum atomic E-state index is -1.08. The smallest absolute Gasteiger partial charge is 0.0904 e. The standard InChI is InChI=1S/C20H18OS2/c1-17-7-11-19(12-8-17)22-15-5-3-4-6-16-23(21)20-13-9-18(2)10-14-20/h7-14H,15-16H2,1-2H3/t23-/m0/s1. The fourth-order valence-corrected chi connectivity index (χ4v) is 3.20. The summed E-state index contributed by atoms with van der Waals surface area (Å²) in [5.41, 5.74) is 2.42. The monoisotopic (exact) mass is 338 g/mol. The van der Waals surface area contributed by atoms with E-state index in [1.54, 1.807) is 11.8 Å². The predicted molar refractivity (Wildman–Crippen MR) is 99.9 cm³/mol. The van der Waals surface area contributed by atoms with Crippen LogP contribution in [0.15, 0.2) is 58.3 Å². The highest BCUT2D eigenvalue weighted by molar-refractivity contribution is 7.99. The quantitative estimate of drug-likeness (QED) is 0.613. The number of thioether (sulfide) groups is 1. The molecule has 0 fully saturated rings. The van der Waals surface area contributed by atoms with Gasteiger partial charge in [0.25, 0.3) is 0 Å². The Balaban J connectivity index is 1.76. The molecule has 23 heavy (non-hydrogen) atoms. The van der Waals surface area contributed by atoms with Gasteiger partial charge in [0.2, 0.25) is 0 Å². The van der Waals surface area contributed by atoms with E-state index in [-0.39, 0.29) is 0 Å². The lowest BCUT2D eigenvalue weighted by atomic mass is 10.2. The van der Waals surface area contributed by atoms with Gasteiger partial charge in [0, 0.05) is 9.79 Å². The molecule has 0 saturated heterocycles. The van der Waals surface area contributed by atoms with Crippen molar-refractivity contribution >= 4 is 22.6 Å². The van der Waals surface area contributed by atoms with Crippen LogP contribution in [0, 0.1) is 37.5 Å². The summed E-state index contributed by atoms with van der Waals surface area (Å²) in [7, 11) is -1.08. The van der Waals surface area contributed by atoms with E-state index < -0.39 is 10.8 Å². The van der Waals surface area contributed by atoms with Gasteiger partial charge in [-0.2, -0.15) is 0 Å². The second kappa shape index (κ2) is 9.26. The molecular weight excluding hydrogens is 320 g/mol. The van der Waals surface area contributed by atoms with Crippen LogP contribution in [0.1, 0.15) is 11.1 Å². The third-order valence-electron chi connectivity index (χ3n) is 3.06. The Morgan fingerprint density at radius 3 is 2.09 bits per heavy atom. The molecule has 1 nitrogen and oxygen atoms in total.